The summed E-state index contributed by atoms with van der Waals surface area (Å²) in [6.45, 7) is 4.66. The first-order valence-electron chi connectivity index (χ1n) is 6.64. The Morgan fingerprint density at radius 1 is 1.13 bits per heavy atom. The predicted molar refractivity (Wildman–Crippen MR) is 67.0 cm³/mol. The molecule has 2 nitrogen and oxygen atoms in total. The van der Waals surface area contributed by atoms with Crippen molar-refractivity contribution >= 4 is 0 Å². The van der Waals surface area contributed by atoms with Crippen LogP contribution in [-0.2, 0) is 0 Å². The lowest BCUT2D eigenvalue weighted by Gasteiger charge is -2.34. The summed E-state index contributed by atoms with van der Waals surface area (Å²) in [5.41, 5.74) is 6.57. The van der Waals surface area contributed by atoms with E-state index in [2.05, 4.69) is 18.9 Å². The smallest absolute Gasteiger partial charge is 0.0166 e. The molecule has 1 saturated carbocycles. The van der Waals surface area contributed by atoms with Gasteiger partial charge in [-0.2, -0.15) is 0 Å². The van der Waals surface area contributed by atoms with Gasteiger partial charge in [0.05, 0.1) is 0 Å². The van der Waals surface area contributed by atoms with Crippen molar-refractivity contribution in [3.8, 4) is 0 Å². The van der Waals surface area contributed by atoms with E-state index >= 15 is 0 Å². The van der Waals surface area contributed by atoms with E-state index in [4.69, 9.17) is 5.73 Å². The molecule has 1 fully saturated rings. The van der Waals surface area contributed by atoms with Crippen molar-refractivity contribution in [1.82, 2.24) is 4.90 Å². The van der Waals surface area contributed by atoms with E-state index in [-0.39, 0.29) is 5.54 Å². The summed E-state index contributed by atoms with van der Waals surface area (Å²) in [6.07, 6.45) is 10.4. The minimum Gasteiger partial charge on any atom is -0.325 e. The summed E-state index contributed by atoms with van der Waals surface area (Å²) in [5, 5.41) is 0. The SMILES string of the molecule is CCCCN(C)CCC1(N)CCCCC1. The molecule has 1 aliphatic carbocycles. The Bertz CT molecular complexity index is 162. The summed E-state index contributed by atoms with van der Waals surface area (Å²) in [7, 11) is 2.22. The van der Waals surface area contributed by atoms with Gasteiger partial charge in [0.1, 0.15) is 0 Å². The van der Waals surface area contributed by atoms with Gasteiger partial charge in [-0.25, -0.2) is 0 Å². The van der Waals surface area contributed by atoms with E-state index < -0.39 is 0 Å². The third kappa shape index (κ3) is 4.98. The Morgan fingerprint density at radius 2 is 1.80 bits per heavy atom. The molecule has 0 heterocycles. The van der Waals surface area contributed by atoms with Crippen molar-refractivity contribution in [3.05, 3.63) is 0 Å². The molecule has 0 atom stereocenters. The fourth-order valence-corrected chi connectivity index (χ4v) is 2.46. The van der Waals surface area contributed by atoms with Gasteiger partial charge >= 0.3 is 0 Å². The van der Waals surface area contributed by atoms with Crippen molar-refractivity contribution in [2.24, 2.45) is 5.73 Å². The van der Waals surface area contributed by atoms with Gasteiger partial charge in [-0.15, -0.1) is 0 Å². The summed E-state index contributed by atoms with van der Waals surface area (Å²) >= 11 is 0. The second-order valence-electron chi connectivity index (χ2n) is 5.33. The third-order valence-electron chi connectivity index (χ3n) is 3.73. The van der Waals surface area contributed by atoms with Crippen molar-refractivity contribution in [3.63, 3.8) is 0 Å². The van der Waals surface area contributed by atoms with Crippen LogP contribution in [0.3, 0.4) is 0 Å². The Morgan fingerprint density at radius 3 is 2.40 bits per heavy atom. The Balaban J connectivity index is 2.16. The van der Waals surface area contributed by atoms with Crippen LogP contribution in [-0.4, -0.2) is 30.6 Å². The van der Waals surface area contributed by atoms with Gasteiger partial charge in [-0.1, -0.05) is 32.6 Å². The maximum Gasteiger partial charge on any atom is 0.0166 e. The number of unbranched alkanes of at least 4 members (excludes halogenated alkanes) is 1. The Kier molecular flexibility index (Phi) is 5.62. The van der Waals surface area contributed by atoms with Gasteiger partial charge in [0.15, 0.2) is 0 Å². The van der Waals surface area contributed by atoms with Crippen LogP contribution in [0.1, 0.15) is 58.3 Å². The molecule has 90 valence electrons. The third-order valence-corrected chi connectivity index (χ3v) is 3.73. The van der Waals surface area contributed by atoms with Gasteiger partial charge < -0.3 is 10.6 Å². The molecule has 0 aromatic rings. The molecule has 0 aromatic heterocycles. The largest absolute Gasteiger partial charge is 0.325 e. The van der Waals surface area contributed by atoms with Crippen molar-refractivity contribution < 1.29 is 0 Å². The molecule has 0 unspecified atom stereocenters. The molecule has 0 amide bonds. The monoisotopic (exact) mass is 212 g/mol. The number of hydrogen-bond donors (Lipinski definition) is 1. The highest BCUT2D eigenvalue weighted by Gasteiger charge is 2.26. The molecule has 0 spiro atoms. The lowest BCUT2D eigenvalue weighted by atomic mass is 9.80. The van der Waals surface area contributed by atoms with Gasteiger partial charge in [0, 0.05) is 5.54 Å². The molecule has 0 aromatic carbocycles. The number of nitrogens with zero attached hydrogens (tertiary/aromatic N) is 1. The van der Waals surface area contributed by atoms with E-state index in [0.717, 1.165) is 0 Å². The van der Waals surface area contributed by atoms with Crippen LogP contribution in [0, 0.1) is 0 Å². The fourth-order valence-electron chi connectivity index (χ4n) is 2.46. The van der Waals surface area contributed by atoms with E-state index in [1.54, 1.807) is 0 Å². The number of rotatable bonds is 6. The molecule has 2 N–H and O–H groups in total. The molecular weight excluding hydrogens is 184 g/mol. The maximum absolute atomic E-state index is 6.41. The molecule has 1 rings (SSSR count). The molecule has 1 aliphatic rings. The van der Waals surface area contributed by atoms with Crippen LogP contribution in [0.15, 0.2) is 0 Å². The Labute approximate surface area is 95.2 Å². The van der Waals surface area contributed by atoms with Crippen molar-refractivity contribution in [1.29, 1.82) is 0 Å². The highest BCUT2D eigenvalue weighted by atomic mass is 15.1. The standard InChI is InChI=1S/C13H28N2/c1-3-4-11-15(2)12-10-13(14)8-6-5-7-9-13/h3-12,14H2,1-2H3. The molecule has 0 radical (unpaired) electrons. The molecule has 0 saturated heterocycles. The van der Waals surface area contributed by atoms with Crippen LogP contribution in [0.2, 0.25) is 0 Å². The Hall–Kier alpha value is -0.0800. The molecule has 0 aliphatic heterocycles. The quantitative estimate of drug-likeness (QED) is 0.733. The second kappa shape index (κ2) is 6.49. The molecule has 15 heavy (non-hydrogen) atoms. The highest BCUT2D eigenvalue weighted by Crippen LogP contribution is 2.28. The van der Waals surface area contributed by atoms with Crippen LogP contribution < -0.4 is 5.73 Å². The maximum atomic E-state index is 6.41. The number of hydrogen-bond acceptors (Lipinski definition) is 2. The first kappa shape index (κ1) is 13.0. The second-order valence-corrected chi connectivity index (χ2v) is 5.33. The summed E-state index contributed by atoms with van der Waals surface area (Å²) in [5.74, 6) is 0. The minimum atomic E-state index is 0.165. The van der Waals surface area contributed by atoms with Crippen LogP contribution in [0.5, 0.6) is 0 Å². The molecule has 2 heteroatoms. The zero-order valence-electron chi connectivity index (χ0n) is 10.6. The first-order chi connectivity index (χ1) is 7.16. The summed E-state index contributed by atoms with van der Waals surface area (Å²) in [4.78, 5) is 2.44. The van der Waals surface area contributed by atoms with E-state index in [0.29, 0.717) is 0 Å². The molecule has 0 bridgehead atoms. The van der Waals surface area contributed by atoms with Crippen LogP contribution >= 0.6 is 0 Å². The van der Waals surface area contributed by atoms with Crippen molar-refractivity contribution in [2.75, 3.05) is 20.1 Å². The zero-order chi connectivity index (χ0) is 11.1. The lowest BCUT2D eigenvalue weighted by molar-refractivity contribution is 0.228. The van der Waals surface area contributed by atoms with Gasteiger partial charge in [-0.3, -0.25) is 0 Å². The highest BCUT2D eigenvalue weighted by molar-refractivity contribution is 4.87. The average molecular weight is 212 g/mol. The average Bonchev–Trinajstić information content (AvgIpc) is 2.25. The van der Waals surface area contributed by atoms with Crippen LogP contribution in [0.25, 0.3) is 0 Å². The zero-order valence-corrected chi connectivity index (χ0v) is 10.6. The summed E-state index contributed by atoms with van der Waals surface area (Å²) in [6, 6.07) is 0. The van der Waals surface area contributed by atoms with Gasteiger partial charge in [0.2, 0.25) is 0 Å². The predicted octanol–water partition coefficient (Wildman–Crippen LogP) is 2.77. The lowest BCUT2D eigenvalue weighted by Crippen LogP contribution is -2.44. The van der Waals surface area contributed by atoms with E-state index in [1.165, 1.54) is 64.5 Å². The van der Waals surface area contributed by atoms with Crippen LogP contribution in [0.4, 0.5) is 0 Å². The first-order valence-corrected chi connectivity index (χ1v) is 6.64. The van der Waals surface area contributed by atoms with Gasteiger partial charge in [-0.05, 0) is 45.8 Å². The topological polar surface area (TPSA) is 29.3 Å². The van der Waals surface area contributed by atoms with Gasteiger partial charge in [0.25, 0.3) is 0 Å². The minimum absolute atomic E-state index is 0.165. The number of nitrogens with two attached hydrogens (primary N) is 1. The summed E-state index contributed by atoms with van der Waals surface area (Å²) < 4.78 is 0. The normalized spacial score (nSPS) is 20.8. The van der Waals surface area contributed by atoms with E-state index in [1.807, 2.05) is 0 Å². The molecular formula is C13H28N2. The fraction of sp³-hybridized carbons (Fsp3) is 1.00. The van der Waals surface area contributed by atoms with E-state index in [9.17, 15) is 0 Å². The van der Waals surface area contributed by atoms with Crippen molar-refractivity contribution in [2.45, 2.75) is 63.8 Å².